The zero-order valence-electron chi connectivity index (χ0n) is 9.85. The minimum absolute atomic E-state index is 0.0219. The van der Waals surface area contributed by atoms with Crippen LogP contribution in [0.4, 0.5) is 5.95 Å². The second-order valence-corrected chi connectivity index (χ2v) is 4.39. The van der Waals surface area contributed by atoms with Crippen LogP contribution in [-0.2, 0) is 4.74 Å². The number of hydrogen-bond donors (Lipinski definition) is 4. The molecule has 1 aliphatic heterocycles. The van der Waals surface area contributed by atoms with E-state index in [0.717, 1.165) is 0 Å². The number of nitrogen functional groups attached to an aromatic ring is 1. The van der Waals surface area contributed by atoms with Crippen LogP contribution in [0.25, 0.3) is 11.2 Å². The smallest absolute Gasteiger partial charge is 0.280 e. The normalized spacial score (nSPS) is 27.2. The Morgan fingerprint density at radius 2 is 2.42 bits per heavy atom. The van der Waals surface area contributed by atoms with Crippen molar-refractivity contribution in [2.45, 2.75) is 18.2 Å². The lowest BCUT2D eigenvalue weighted by atomic mass is 10.1. The average molecular weight is 267 g/mol. The van der Waals surface area contributed by atoms with Crippen LogP contribution in [0.5, 0.6) is 0 Å². The molecule has 5 N–H and O–H groups in total. The van der Waals surface area contributed by atoms with Crippen molar-refractivity contribution < 1.29 is 14.9 Å². The predicted octanol–water partition coefficient (Wildman–Crippen LogP) is -2.01. The summed E-state index contributed by atoms with van der Waals surface area (Å²) in [6, 6.07) is -0.462. The molecule has 1 aliphatic rings. The number of H-pyrrole nitrogens is 1. The number of nitrogens with zero attached hydrogens (tertiary/aromatic N) is 3. The SMILES string of the molecule is Nc1nc2c(ncn2C2COC(CO)C2O)c(=O)[nH]1. The van der Waals surface area contributed by atoms with E-state index in [1.54, 1.807) is 4.57 Å². The van der Waals surface area contributed by atoms with Crippen LogP contribution in [0.3, 0.4) is 0 Å². The van der Waals surface area contributed by atoms with E-state index in [9.17, 15) is 9.90 Å². The summed E-state index contributed by atoms with van der Waals surface area (Å²) in [6.45, 7) is -0.0767. The Hall–Kier alpha value is -1.97. The van der Waals surface area contributed by atoms with E-state index in [1.165, 1.54) is 6.33 Å². The van der Waals surface area contributed by atoms with E-state index in [1.807, 2.05) is 0 Å². The first-order valence-electron chi connectivity index (χ1n) is 5.74. The third-order valence-electron chi connectivity index (χ3n) is 3.24. The molecule has 3 rings (SSSR count). The fraction of sp³-hybridized carbons (Fsp3) is 0.500. The average Bonchev–Trinajstić information content (AvgIpc) is 2.92. The topological polar surface area (TPSA) is 139 Å². The molecule has 3 atom stereocenters. The molecule has 102 valence electrons. The number of anilines is 1. The highest BCUT2D eigenvalue weighted by molar-refractivity contribution is 5.70. The van der Waals surface area contributed by atoms with Gasteiger partial charge in [0.15, 0.2) is 11.2 Å². The predicted molar refractivity (Wildman–Crippen MR) is 64.4 cm³/mol. The Morgan fingerprint density at radius 1 is 1.63 bits per heavy atom. The van der Waals surface area contributed by atoms with E-state index in [4.69, 9.17) is 15.6 Å². The zero-order valence-corrected chi connectivity index (χ0v) is 9.85. The van der Waals surface area contributed by atoms with E-state index in [0.29, 0.717) is 0 Å². The Morgan fingerprint density at radius 3 is 3.11 bits per heavy atom. The van der Waals surface area contributed by atoms with Crippen LogP contribution in [0.2, 0.25) is 0 Å². The third kappa shape index (κ3) is 1.79. The van der Waals surface area contributed by atoms with Crippen LogP contribution in [0.15, 0.2) is 11.1 Å². The first-order chi connectivity index (χ1) is 9.11. The highest BCUT2D eigenvalue weighted by Crippen LogP contribution is 2.26. The number of aromatic nitrogens is 4. The number of nitrogens with two attached hydrogens (primary N) is 1. The number of imidazole rings is 1. The molecule has 0 bridgehead atoms. The molecule has 2 aromatic heterocycles. The van der Waals surface area contributed by atoms with Gasteiger partial charge in [-0.15, -0.1) is 0 Å². The van der Waals surface area contributed by atoms with Crippen molar-refractivity contribution in [3.8, 4) is 0 Å². The van der Waals surface area contributed by atoms with Crippen LogP contribution in [0, 0.1) is 0 Å². The molecule has 0 saturated carbocycles. The molecule has 9 nitrogen and oxygen atoms in total. The van der Waals surface area contributed by atoms with E-state index < -0.39 is 23.8 Å². The molecule has 0 spiro atoms. The van der Waals surface area contributed by atoms with Crippen LogP contribution < -0.4 is 11.3 Å². The summed E-state index contributed by atoms with van der Waals surface area (Å²) < 4.78 is 6.81. The number of hydrogen-bond acceptors (Lipinski definition) is 7. The minimum atomic E-state index is -0.898. The molecule has 1 saturated heterocycles. The van der Waals surface area contributed by atoms with E-state index in [2.05, 4.69) is 15.0 Å². The lowest BCUT2D eigenvalue weighted by Gasteiger charge is -2.17. The molecular formula is C10H13N5O4. The second-order valence-electron chi connectivity index (χ2n) is 4.39. The fourth-order valence-corrected chi connectivity index (χ4v) is 2.26. The van der Waals surface area contributed by atoms with Gasteiger partial charge in [-0.1, -0.05) is 0 Å². The summed E-state index contributed by atoms with van der Waals surface area (Å²) in [5.41, 5.74) is 5.49. The summed E-state index contributed by atoms with van der Waals surface area (Å²) in [5, 5.41) is 19.1. The molecule has 0 aliphatic carbocycles. The fourth-order valence-electron chi connectivity index (χ4n) is 2.26. The summed E-state index contributed by atoms with van der Waals surface area (Å²) >= 11 is 0. The van der Waals surface area contributed by atoms with Crippen molar-refractivity contribution >= 4 is 17.1 Å². The number of aliphatic hydroxyl groups is 2. The Labute approximate surface area is 106 Å². The highest BCUT2D eigenvalue weighted by atomic mass is 16.5. The quantitative estimate of drug-likeness (QED) is 0.493. The standard InChI is InChI=1S/C10H13N5O4/c11-10-13-8-6(9(18)14-10)12-3-15(8)4-2-19-5(1-16)7(4)17/h3-5,7,16-17H,1-2H2,(H3,11,13,14,18). The van der Waals surface area contributed by atoms with Crippen molar-refractivity contribution in [3.05, 3.63) is 16.7 Å². The van der Waals surface area contributed by atoms with Gasteiger partial charge >= 0.3 is 0 Å². The van der Waals surface area contributed by atoms with Gasteiger partial charge in [-0.2, -0.15) is 4.98 Å². The molecule has 0 radical (unpaired) electrons. The van der Waals surface area contributed by atoms with Gasteiger partial charge in [-0.3, -0.25) is 9.78 Å². The highest BCUT2D eigenvalue weighted by Gasteiger charge is 2.37. The maximum Gasteiger partial charge on any atom is 0.280 e. The van der Waals surface area contributed by atoms with Gasteiger partial charge in [-0.25, -0.2) is 4.98 Å². The molecule has 19 heavy (non-hydrogen) atoms. The van der Waals surface area contributed by atoms with E-state index >= 15 is 0 Å². The molecule has 3 unspecified atom stereocenters. The van der Waals surface area contributed by atoms with Gasteiger partial charge in [0.05, 0.1) is 25.6 Å². The molecule has 0 amide bonds. The number of nitrogens with one attached hydrogen (secondary N) is 1. The van der Waals surface area contributed by atoms with Crippen LogP contribution in [0.1, 0.15) is 6.04 Å². The van der Waals surface area contributed by atoms with Gasteiger partial charge in [0.25, 0.3) is 5.56 Å². The first-order valence-corrected chi connectivity index (χ1v) is 5.74. The molecule has 9 heteroatoms. The maximum absolute atomic E-state index is 11.6. The number of ether oxygens (including phenoxy) is 1. The number of aromatic amines is 1. The summed E-state index contributed by atoms with van der Waals surface area (Å²) in [7, 11) is 0. The van der Waals surface area contributed by atoms with Gasteiger partial charge in [-0.05, 0) is 0 Å². The van der Waals surface area contributed by atoms with Crippen molar-refractivity contribution in [3.63, 3.8) is 0 Å². The van der Waals surface area contributed by atoms with Gasteiger partial charge < -0.3 is 25.3 Å². The third-order valence-corrected chi connectivity index (χ3v) is 3.24. The maximum atomic E-state index is 11.6. The zero-order chi connectivity index (χ0) is 13.6. The second kappa shape index (κ2) is 4.30. The number of rotatable bonds is 2. The van der Waals surface area contributed by atoms with E-state index in [-0.39, 0.29) is 30.3 Å². The van der Waals surface area contributed by atoms with Crippen molar-refractivity contribution in [2.24, 2.45) is 0 Å². The number of fused-ring (bicyclic) bond motifs is 1. The first kappa shape index (κ1) is 12.1. The minimum Gasteiger partial charge on any atom is -0.394 e. The van der Waals surface area contributed by atoms with Crippen LogP contribution >= 0.6 is 0 Å². The van der Waals surface area contributed by atoms with Crippen LogP contribution in [-0.4, -0.2) is 55.2 Å². The largest absolute Gasteiger partial charge is 0.394 e. The van der Waals surface area contributed by atoms with Gasteiger partial charge in [0, 0.05) is 0 Å². The summed E-state index contributed by atoms with van der Waals surface area (Å²) in [5.74, 6) is -0.0219. The number of aliphatic hydroxyl groups excluding tert-OH is 2. The summed E-state index contributed by atoms with van der Waals surface area (Å²) in [4.78, 5) is 22.0. The lowest BCUT2D eigenvalue weighted by Crippen LogP contribution is -2.30. The monoisotopic (exact) mass is 267 g/mol. The Kier molecular flexibility index (Phi) is 2.73. The molecule has 3 heterocycles. The van der Waals surface area contributed by atoms with Gasteiger partial charge in [0.1, 0.15) is 12.2 Å². The molecule has 1 fully saturated rings. The molecule has 0 aromatic carbocycles. The Bertz CT molecular complexity index is 665. The van der Waals surface area contributed by atoms with Gasteiger partial charge in [0.2, 0.25) is 5.95 Å². The Balaban J connectivity index is 2.09. The molecular weight excluding hydrogens is 254 g/mol. The van der Waals surface area contributed by atoms with Crippen molar-refractivity contribution in [2.75, 3.05) is 18.9 Å². The lowest BCUT2D eigenvalue weighted by molar-refractivity contribution is 0.00206. The molecule has 2 aromatic rings. The van der Waals surface area contributed by atoms with Crippen molar-refractivity contribution in [1.82, 2.24) is 19.5 Å². The van der Waals surface area contributed by atoms with Crippen molar-refractivity contribution in [1.29, 1.82) is 0 Å². The summed E-state index contributed by atoms with van der Waals surface area (Å²) in [6.07, 6.45) is -0.143.